The first-order valence-electron chi connectivity index (χ1n) is 11.4. The van der Waals surface area contributed by atoms with Gasteiger partial charge >= 0.3 is 0 Å². The van der Waals surface area contributed by atoms with Crippen LogP contribution in [0.1, 0.15) is 29.7 Å². The monoisotopic (exact) mass is 509 g/mol. The molecular weight excluding hydrogens is 484 g/mol. The Morgan fingerprint density at radius 1 is 0.973 bits per heavy atom. The fraction of sp³-hybridized carbons (Fsp3) is 0.214. The van der Waals surface area contributed by atoms with Gasteiger partial charge in [-0.15, -0.1) is 0 Å². The summed E-state index contributed by atoms with van der Waals surface area (Å²) in [4.78, 5) is 27.5. The van der Waals surface area contributed by atoms with Crippen molar-refractivity contribution in [3.63, 3.8) is 0 Å². The van der Waals surface area contributed by atoms with Crippen LogP contribution >= 0.6 is 0 Å². The lowest BCUT2D eigenvalue weighted by Gasteiger charge is -2.26. The summed E-state index contributed by atoms with van der Waals surface area (Å²) in [6.45, 7) is 3.77. The van der Waals surface area contributed by atoms with Gasteiger partial charge in [-0.3, -0.25) is 14.5 Å². The van der Waals surface area contributed by atoms with Gasteiger partial charge < -0.3 is 19.3 Å². The Morgan fingerprint density at radius 3 is 2.38 bits per heavy atom. The number of ketones is 1. The highest BCUT2D eigenvalue weighted by molar-refractivity contribution is 6.51. The zero-order valence-corrected chi connectivity index (χ0v) is 20.7. The maximum absolute atomic E-state index is 14.9. The number of rotatable bonds is 7. The average molecular weight is 510 g/mol. The number of hydrogen-bond acceptors (Lipinski definition) is 6. The maximum Gasteiger partial charge on any atom is 0.300 e. The summed E-state index contributed by atoms with van der Waals surface area (Å²) in [6, 6.07) is 10.8. The van der Waals surface area contributed by atoms with Crippen LogP contribution < -0.4 is 19.1 Å². The van der Waals surface area contributed by atoms with Crippen LogP contribution in [0.25, 0.3) is 5.76 Å². The number of hydrogen-bond donors (Lipinski definition) is 1. The van der Waals surface area contributed by atoms with Crippen molar-refractivity contribution < 1.29 is 37.7 Å². The normalized spacial score (nSPS) is 16.7. The van der Waals surface area contributed by atoms with Crippen LogP contribution in [0.5, 0.6) is 17.2 Å². The molecule has 1 fully saturated rings. The van der Waals surface area contributed by atoms with E-state index < -0.39 is 40.8 Å². The van der Waals surface area contributed by atoms with E-state index in [1.54, 1.807) is 44.2 Å². The summed E-state index contributed by atoms with van der Waals surface area (Å²) in [5, 5.41) is 11.4. The van der Waals surface area contributed by atoms with Gasteiger partial charge in [0.1, 0.15) is 23.1 Å². The number of amides is 1. The Balaban J connectivity index is 2.01. The number of anilines is 1. The van der Waals surface area contributed by atoms with Crippen molar-refractivity contribution in [1.82, 2.24) is 0 Å². The van der Waals surface area contributed by atoms with E-state index in [9.17, 15) is 23.5 Å². The van der Waals surface area contributed by atoms with Gasteiger partial charge in [-0.1, -0.05) is 6.07 Å². The van der Waals surface area contributed by atoms with E-state index in [1.165, 1.54) is 20.3 Å². The molecule has 1 aliphatic heterocycles. The number of aliphatic hydroxyl groups excluding tert-OH is 1. The van der Waals surface area contributed by atoms with Crippen LogP contribution in [-0.2, 0) is 9.59 Å². The fourth-order valence-electron chi connectivity index (χ4n) is 4.37. The Labute approximate surface area is 212 Å². The van der Waals surface area contributed by atoms with E-state index in [0.29, 0.717) is 35.0 Å². The Hall–Kier alpha value is -4.40. The smallest absolute Gasteiger partial charge is 0.300 e. The first-order valence-corrected chi connectivity index (χ1v) is 11.4. The lowest BCUT2D eigenvalue weighted by Crippen LogP contribution is -2.30. The molecule has 7 nitrogen and oxygen atoms in total. The summed E-state index contributed by atoms with van der Waals surface area (Å²) in [7, 11) is 2.95. The third-order valence-electron chi connectivity index (χ3n) is 6.10. The molecule has 1 atom stereocenters. The van der Waals surface area contributed by atoms with Crippen molar-refractivity contribution in [2.24, 2.45) is 0 Å². The lowest BCUT2D eigenvalue weighted by atomic mass is 9.93. The molecule has 1 amide bonds. The largest absolute Gasteiger partial charge is 0.507 e. The summed E-state index contributed by atoms with van der Waals surface area (Å²) in [6.07, 6.45) is 0. The van der Waals surface area contributed by atoms with Crippen LogP contribution in [0.4, 0.5) is 14.5 Å². The first kappa shape index (κ1) is 25.7. The van der Waals surface area contributed by atoms with Crippen molar-refractivity contribution >= 4 is 23.1 Å². The average Bonchev–Trinajstić information content (AvgIpc) is 3.15. The highest BCUT2D eigenvalue weighted by Crippen LogP contribution is 2.45. The van der Waals surface area contributed by atoms with Gasteiger partial charge in [0.2, 0.25) is 0 Å². The first-order chi connectivity index (χ1) is 17.7. The molecule has 0 bridgehead atoms. The van der Waals surface area contributed by atoms with Crippen molar-refractivity contribution in [3.8, 4) is 17.2 Å². The molecule has 0 radical (unpaired) electrons. The van der Waals surface area contributed by atoms with Crippen LogP contribution in [0.3, 0.4) is 0 Å². The van der Waals surface area contributed by atoms with Crippen molar-refractivity contribution in [2.75, 3.05) is 25.7 Å². The third kappa shape index (κ3) is 4.60. The number of carbonyl (C=O) groups is 2. The zero-order chi connectivity index (χ0) is 26.9. The van der Waals surface area contributed by atoms with Gasteiger partial charge in [0.15, 0.2) is 11.5 Å². The van der Waals surface area contributed by atoms with E-state index in [4.69, 9.17) is 14.2 Å². The van der Waals surface area contributed by atoms with Crippen molar-refractivity contribution in [1.29, 1.82) is 0 Å². The second-order valence-electron chi connectivity index (χ2n) is 8.29. The maximum atomic E-state index is 14.9. The van der Waals surface area contributed by atoms with Crippen LogP contribution in [0.2, 0.25) is 0 Å². The topological polar surface area (TPSA) is 85.3 Å². The predicted octanol–water partition coefficient (Wildman–Crippen LogP) is 5.32. The molecule has 1 heterocycles. The number of carbonyl (C=O) groups excluding carboxylic acids is 2. The molecule has 0 spiro atoms. The molecule has 1 saturated heterocycles. The van der Waals surface area contributed by atoms with Crippen LogP contribution in [-0.4, -0.2) is 37.6 Å². The quantitative estimate of drug-likeness (QED) is 0.264. The second kappa shape index (κ2) is 10.3. The molecule has 0 saturated carbocycles. The van der Waals surface area contributed by atoms with Crippen molar-refractivity contribution in [2.45, 2.75) is 19.9 Å². The third-order valence-corrected chi connectivity index (χ3v) is 6.10. The molecule has 3 aromatic carbocycles. The van der Waals surface area contributed by atoms with Gasteiger partial charge in [-0.2, -0.15) is 0 Å². The summed E-state index contributed by atoms with van der Waals surface area (Å²) in [5.74, 6) is -3.09. The Morgan fingerprint density at radius 2 is 1.73 bits per heavy atom. The van der Waals surface area contributed by atoms with E-state index >= 15 is 0 Å². The van der Waals surface area contributed by atoms with Crippen molar-refractivity contribution in [3.05, 3.63) is 88.5 Å². The van der Waals surface area contributed by atoms with Gasteiger partial charge in [-0.05, 0) is 67.4 Å². The molecule has 1 unspecified atom stereocenters. The number of aliphatic hydroxyl groups is 1. The number of benzene rings is 3. The molecular formula is C28H25F2NO6. The van der Waals surface area contributed by atoms with Gasteiger partial charge in [0, 0.05) is 11.6 Å². The highest BCUT2D eigenvalue weighted by Gasteiger charge is 2.48. The summed E-state index contributed by atoms with van der Waals surface area (Å²) < 4.78 is 45.3. The zero-order valence-electron chi connectivity index (χ0n) is 20.7. The highest BCUT2D eigenvalue weighted by atomic mass is 19.1. The number of methoxy groups -OCH3 is 2. The minimum atomic E-state index is -1.29. The molecule has 4 rings (SSSR count). The molecule has 192 valence electrons. The fourth-order valence-corrected chi connectivity index (χ4v) is 4.37. The number of ether oxygens (including phenoxy) is 3. The Kier molecular flexibility index (Phi) is 7.15. The summed E-state index contributed by atoms with van der Waals surface area (Å²) in [5.41, 5.74) is 0.450. The van der Waals surface area contributed by atoms with E-state index in [1.807, 2.05) is 0 Å². The number of aryl methyl sites for hydroxylation is 1. The number of Topliss-reactive ketones (excluding diaryl/α,β-unsaturated/α-hetero) is 1. The molecule has 37 heavy (non-hydrogen) atoms. The molecule has 0 aliphatic carbocycles. The Bertz CT molecular complexity index is 1420. The molecule has 1 aliphatic rings. The van der Waals surface area contributed by atoms with Crippen LogP contribution in [0.15, 0.2) is 60.2 Å². The minimum Gasteiger partial charge on any atom is -0.507 e. The number of halogens is 2. The van der Waals surface area contributed by atoms with Crippen LogP contribution in [0, 0.1) is 18.6 Å². The minimum absolute atomic E-state index is 0.280. The van der Waals surface area contributed by atoms with E-state index in [-0.39, 0.29) is 11.1 Å². The predicted molar refractivity (Wildman–Crippen MR) is 133 cm³/mol. The molecule has 1 N–H and O–H groups in total. The molecule has 3 aromatic rings. The summed E-state index contributed by atoms with van der Waals surface area (Å²) >= 11 is 0. The van der Waals surface area contributed by atoms with Gasteiger partial charge in [0.25, 0.3) is 11.7 Å². The second-order valence-corrected chi connectivity index (χ2v) is 8.29. The van der Waals surface area contributed by atoms with Gasteiger partial charge in [-0.25, -0.2) is 8.78 Å². The number of nitrogens with zero attached hydrogens (tertiary/aromatic N) is 1. The van der Waals surface area contributed by atoms with Gasteiger partial charge in [0.05, 0.1) is 38.1 Å². The van der Waals surface area contributed by atoms with E-state index in [2.05, 4.69) is 0 Å². The SMILES string of the molecule is CCOc1cc(C2/C(=C(\O)c3ccc(OC)cc3C)C(=O)C(=O)N2c2cc(F)ccc2F)ccc1OC. The molecule has 9 heteroatoms. The van der Waals surface area contributed by atoms with E-state index in [0.717, 1.165) is 23.1 Å². The molecule has 0 aromatic heterocycles. The standard InChI is InChI=1S/C28H25F2NO6/c1-5-37-23-13-16(6-11-22(23)36-4)25-24(26(32)19-9-8-18(35-3)12-15(19)2)27(33)28(34)31(25)21-14-17(29)7-10-20(21)30/h6-14,25,32H,5H2,1-4H3/b26-24+. The lowest BCUT2D eigenvalue weighted by molar-refractivity contribution is -0.132.